The third kappa shape index (κ3) is 3.37. The maximum Gasteiger partial charge on any atom is 0.262 e. The number of fused-ring (bicyclic) bond motifs is 1. The molecule has 2 aromatic rings. The second-order valence-corrected chi connectivity index (χ2v) is 8.39. The Morgan fingerprint density at radius 3 is 2.37 bits per heavy atom. The van der Waals surface area contributed by atoms with Gasteiger partial charge in [-0.2, -0.15) is 0 Å². The first-order valence-corrected chi connectivity index (χ1v) is 9.88. The van der Waals surface area contributed by atoms with Crippen LogP contribution in [0.5, 0.6) is 0 Å². The van der Waals surface area contributed by atoms with Gasteiger partial charge < -0.3 is 0 Å². The molecule has 1 aliphatic carbocycles. The smallest absolute Gasteiger partial charge is 0.262 e. The van der Waals surface area contributed by atoms with Crippen LogP contribution in [-0.4, -0.2) is 38.9 Å². The number of nitrogens with one attached hydrogen (secondary N) is 1. The van der Waals surface area contributed by atoms with Crippen molar-refractivity contribution in [2.75, 3.05) is 5.32 Å². The van der Waals surface area contributed by atoms with Gasteiger partial charge in [0.2, 0.25) is 11.0 Å². The lowest BCUT2D eigenvalue weighted by molar-refractivity contribution is -0.120. The molecular formula is C19H20N4O3S. The number of carbonyl (C=O) groups excluding carboxylic acids is 3. The van der Waals surface area contributed by atoms with Gasteiger partial charge in [0.1, 0.15) is 11.0 Å². The topological polar surface area (TPSA) is 92.3 Å². The van der Waals surface area contributed by atoms with Crippen LogP contribution in [0.1, 0.15) is 64.8 Å². The van der Waals surface area contributed by atoms with Gasteiger partial charge in [0, 0.05) is 5.92 Å². The van der Waals surface area contributed by atoms with E-state index >= 15 is 0 Å². The molecule has 1 aromatic carbocycles. The van der Waals surface area contributed by atoms with E-state index in [1.807, 2.05) is 13.8 Å². The van der Waals surface area contributed by atoms with Crippen molar-refractivity contribution in [3.8, 4) is 0 Å². The van der Waals surface area contributed by atoms with E-state index in [2.05, 4.69) is 15.5 Å². The van der Waals surface area contributed by atoms with Crippen molar-refractivity contribution in [3.63, 3.8) is 0 Å². The Morgan fingerprint density at radius 1 is 1.19 bits per heavy atom. The second kappa shape index (κ2) is 6.84. The zero-order valence-electron chi connectivity index (χ0n) is 15.1. The summed E-state index contributed by atoms with van der Waals surface area (Å²) in [5.41, 5.74) is 0.687. The fourth-order valence-corrected chi connectivity index (χ4v) is 4.15. The molecule has 3 amide bonds. The largest absolute Gasteiger partial charge is 0.299 e. The van der Waals surface area contributed by atoms with Crippen LogP contribution in [0.2, 0.25) is 0 Å². The minimum Gasteiger partial charge on any atom is -0.299 e. The SMILES string of the molecule is CC(C)C[C@H](C(=O)Nc1nnc(C2CC2)s1)N1C(=O)c2ccccc2C1=O. The van der Waals surface area contributed by atoms with E-state index in [1.54, 1.807) is 24.3 Å². The molecule has 1 aliphatic heterocycles. The number of anilines is 1. The fraction of sp³-hybridized carbons (Fsp3) is 0.421. The van der Waals surface area contributed by atoms with Gasteiger partial charge in [-0.25, -0.2) is 0 Å². The molecule has 1 saturated carbocycles. The highest BCUT2D eigenvalue weighted by atomic mass is 32.1. The predicted octanol–water partition coefficient (Wildman–Crippen LogP) is 3.06. The van der Waals surface area contributed by atoms with Crippen molar-refractivity contribution in [2.24, 2.45) is 5.92 Å². The molecule has 27 heavy (non-hydrogen) atoms. The molecule has 2 heterocycles. The van der Waals surface area contributed by atoms with E-state index < -0.39 is 23.8 Å². The second-order valence-electron chi connectivity index (χ2n) is 7.38. The van der Waals surface area contributed by atoms with Crippen molar-refractivity contribution >= 4 is 34.2 Å². The number of hydrogen-bond acceptors (Lipinski definition) is 6. The summed E-state index contributed by atoms with van der Waals surface area (Å²) in [4.78, 5) is 39.6. The predicted molar refractivity (Wildman–Crippen MR) is 101 cm³/mol. The minimum absolute atomic E-state index is 0.126. The number of hydrogen-bond donors (Lipinski definition) is 1. The van der Waals surface area contributed by atoms with Crippen LogP contribution in [0, 0.1) is 5.92 Å². The molecule has 1 atom stereocenters. The number of nitrogens with zero attached hydrogens (tertiary/aromatic N) is 3. The number of carbonyl (C=O) groups is 3. The summed E-state index contributed by atoms with van der Waals surface area (Å²) in [6.45, 7) is 3.91. The van der Waals surface area contributed by atoms with Crippen LogP contribution in [-0.2, 0) is 4.79 Å². The highest BCUT2D eigenvalue weighted by molar-refractivity contribution is 7.15. The van der Waals surface area contributed by atoms with Gasteiger partial charge in [0.05, 0.1) is 11.1 Å². The van der Waals surface area contributed by atoms with Gasteiger partial charge in [0.25, 0.3) is 11.8 Å². The van der Waals surface area contributed by atoms with Crippen molar-refractivity contribution in [2.45, 2.75) is 45.1 Å². The molecule has 1 fully saturated rings. The van der Waals surface area contributed by atoms with Gasteiger partial charge in [-0.15, -0.1) is 10.2 Å². The summed E-state index contributed by atoms with van der Waals surface area (Å²) in [6.07, 6.45) is 2.59. The number of benzene rings is 1. The minimum atomic E-state index is -0.884. The number of imide groups is 1. The summed E-state index contributed by atoms with van der Waals surface area (Å²) in [5, 5.41) is 12.2. The van der Waals surface area contributed by atoms with Crippen LogP contribution in [0.3, 0.4) is 0 Å². The highest BCUT2D eigenvalue weighted by Crippen LogP contribution is 2.42. The zero-order chi connectivity index (χ0) is 19.1. The number of rotatable bonds is 6. The van der Waals surface area contributed by atoms with Crippen molar-refractivity contribution in [3.05, 3.63) is 40.4 Å². The van der Waals surface area contributed by atoms with Gasteiger partial charge in [0.15, 0.2) is 0 Å². The first kappa shape index (κ1) is 17.8. The Morgan fingerprint density at radius 2 is 1.81 bits per heavy atom. The molecule has 1 N–H and O–H groups in total. The fourth-order valence-electron chi connectivity index (χ4n) is 3.24. The maximum absolute atomic E-state index is 13.0. The summed E-state index contributed by atoms with van der Waals surface area (Å²) >= 11 is 1.36. The zero-order valence-corrected chi connectivity index (χ0v) is 16.0. The summed E-state index contributed by atoms with van der Waals surface area (Å²) < 4.78 is 0. The molecule has 2 aliphatic rings. The normalized spacial score (nSPS) is 17.4. The molecule has 4 rings (SSSR count). The Kier molecular flexibility index (Phi) is 4.51. The van der Waals surface area contributed by atoms with Gasteiger partial charge in [-0.3, -0.25) is 24.6 Å². The average Bonchev–Trinajstić information content (AvgIpc) is 3.34. The van der Waals surface area contributed by atoms with E-state index in [0.29, 0.717) is 28.6 Å². The molecule has 140 valence electrons. The number of amides is 3. The molecule has 0 radical (unpaired) electrons. The third-order valence-electron chi connectivity index (χ3n) is 4.73. The molecule has 7 nitrogen and oxygen atoms in total. The third-order valence-corrected chi connectivity index (χ3v) is 5.73. The molecule has 8 heteroatoms. The molecule has 1 aromatic heterocycles. The average molecular weight is 384 g/mol. The lowest BCUT2D eigenvalue weighted by Gasteiger charge is -2.26. The van der Waals surface area contributed by atoms with E-state index in [-0.39, 0.29) is 5.92 Å². The first-order valence-electron chi connectivity index (χ1n) is 9.07. The van der Waals surface area contributed by atoms with Gasteiger partial charge in [-0.1, -0.05) is 37.3 Å². The van der Waals surface area contributed by atoms with E-state index in [0.717, 1.165) is 22.7 Å². The van der Waals surface area contributed by atoms with E-state index in [4.69, 9.17) is 0 Å². The Hall–Kier alpha value is -2.61. The van der Waals surface area contributed by atoms with E-state index in [1.165, 1.54) is 11.3 Å². The first-order chi connectivity index (χ1) is 13.0. The lowest BCUT2D eigenvalue weighted by atomic mass is 10.0. The number of aromatic nitrogens is 2. The van der Waals surface area contributed by atoms with Gasteiger partial charge >= 0.3 is 0 Å². The van der Waals surface area contributed by atoms with Crippen LogP contribution in [0.4, 0.5) is 5.13 Å². The lowest BCUT2D eigenvalue weighted by Crippen LogP contribution is -2.47. The highest BCUT2D eigenvalue weighted by Gasteiger charge is 2.43. The Labute approximate surface area is 160 Å². The van der Waals surface area contributed by atoms with Crippen molar-refractivity contribution < 1.29 is 14.4 Å². The Bertz CT molecular complexity index is 884. The summed E-state index contributed by atoms with van der Waals surface area (Å²) in [7, 11) is 0. The molecule has 0 bridgehead atoms. The summed E-state index contributed by atoms with van der Waals surface area (Å²) in [5.74, 6) is -0.672. The molecule has 0 unspecified atom stereocenters. The van der Waals surface area contributed by atoms with Gasteiger partial charge in [-0.05, 0) is 37.3 Å². The van der Waals surface area contributed by atoms with Crippen LogP contribution in [0.15, 0.2) is 24.3 Å². The molecule has 0 spiro atoms. The van der Waals surface area contributed by atoms with Crippen LogP contribution < -0.4 is 5.32 Å². The molecule has 0 saturated heterocycles. The van der Waals surface area contributed by atoms with Crippen LogP contribution in [0.25, 0.3) is 0 Å². The molecular weight excluding hydrogens is 364 g/mol. The van der Waals surface area contributed by atoms with E-state index in [9.17, 15) is 14.4 Å². The van der Waals surface area contributed by atoms with Crippen molar-refractivity contribution in [1.82, 2.24) is 15.1 Å². The van der Waals surface area contributed by atoms with Crippen molar-refractivity contribution in [1.29, 1.82) is 0 Å². The summed E-state index contributed by atoms with van der Waals surface area (Å²) in [6, 6.07) is 5.78. The monoisotopic (exact) mass is 384 g/mol. The van der Waals surface area contributed by atoms with Crippen LogP contribution >= 0.6 is 11.3 Å². The quantitative estimate of drug-likeness (QED) is 0.773. The standard InChI is InChI=1S/C19H20N4O3S/c1-10(2)9-14(15(24)20-19-22-21-16(27-19)11-7-8-11)23-17(25)12-5-3-4-6-13(12)18(23)26/h3-6,10-11,14H,7-9H2,1-2H3,(H,20,22,24)/t14-/m1/s1. The maximum atomic E-state index is 13.0. The Balaban J connectivity index is 1.58.